The second-order valence-electron chi connectivity index (χ2n) is 5.90. The molecule has 114 valence electrons. The molecule has 0 unspecified atom stereocenters. The number of fused-ring (bicyclic) bond motifs is 1. The molecule has 3 rings (SSSR count). The molecule has 0 bridgehead atoms. The summed E-state index contributed by atoms with van der Waals surface area (Å²) in [6, 6.07) is 6.27. The van der Waals surface area contributed by atoms with Gasteiger partial charge in [-0.1, -0.05) is 13.8 Å². The van der Waals surface area contributed by atoms with Crippen molar-refractivity contribution in [1.82, 2.24) is 9.97 Å². The molecule has 0 spiro atoms. The maximum atomic E-state index is 5.42. The van der Waals surface area contributed by atoms with Gasteiger partial charge in [0.15, 0.2) is 0 Å². The monoisotopic (exact) mass is 312 g/mol. The fourth-order valence-electron chi connectivity index (χ4n) is 2.53. The van der Waals surface area contributed by atoms with Gasteiger partial charge in [0.25, 0.3) is 0 Å². The molecule has 0 aliphatic heterocycles. The summed E-state index contributed by atoms with van der Waals surface area (Å²) in [6.45, 7) is 8.49. The molecule has 0 saturated carbocycles. The summed E-state index contributed by atoms with van der Waals surface area (Å²) >= 11 is 1.66. The van der Waals surface area contributed by atoms with E-state index < -0.39 is 0 Å². The summed E-state index contributed by atoms with van der Waals surface area (Å²) in [4.78, 5) is 9.51. The van der Waals surface area contributed by atoms with Gasteiger partial charge in [0.05, 0.1) is 24.0 Å². The van der Waals surface area contributed by atoms with E-state index >= 15 is 0 Å². The maximum absolute atomic E-state index is 5.42. The standard InChI is InChI=1S/C18H20N2OS/c1-10(2)16-9-22-18(20-16)15-7-11(3)13-6-12(4)17(21-5)8-14(13)19-15/h6-10H,1-5H3. The highest BCUT2D eigenvalue weighted by molar-refractivity contribution is 7.13. The second kappa shape index (κ2) is 5.69. The molecule has 0 fully saturated rings. The van der Waals surface area contributed by atoms with Crippen molar-refractivity contribution in [2.24, 2.45) is 0 Å². The highest BCUT2D eigenvalue weighted by Gasteiger charge is 2.12. The number of thiazole rings is 1. The summed E-state index contributed by atoms with van der Waals surface area (Å²) in [5.74, 6) is 1.31. The average Bonchev–Trinajstić information content (AvgIpc) is 2.97. The zero-order valence-electron chi connectivity index (χ0n) is 13.6. The Morgan fingerprint density at radius 1 is 1.05 bits per heavy atom. The van der Waals surface area contributed by atoms with Crippen LogP contribution in [0, 0.1) is 13.8 Å². The first-order valence-electron chi connectivity index (χ1n) is 7.41. The smallest absolute Gasteiger partial charge is 0.142 e. The Hall–Kier alpha value is -1.94. The van der Waals surface area contributed by atoms with Crippen molar-refractivity contribution in [2.75, 3.05) is 7.11 Å². The van der Waals surface area contributed by atoms with Crippen molar-refractivity contribution in [1.29, 1.82) is 0 Å². The van der Waals surface area contributed by atoms with Gasteiger partial charge in [0.1, 0.15) is 10.8 Å². The van der Waals surface area contributed by atoms with Crippen molar-refractivity contribution in [3.05, 3.63) is 40.4 Å². The Kier molecular flexibility index (Phi) is 3.87. The second-order valence-corrected chi connectivity index (χ2v) is 6.75. The van der Waals surface area contributed by atoms with Gasteiger partial charge in [-0.25, -0.2) is 9.97 Å². The molecule has 0 radical (unpaired) electrons. The quantitative estimate of drug-likeness (QED) is 0.674. The largest absolute Gasteiger partial charge is 0.496 e. The van der Waals surface area contributed by atoms with Crippen molar-refractivity contribution >= 4 is 22.2 Å². The summed E-state index contributed by atoms with van der Waals surface area (Å²) in [5, 5.41) is 4.27. The van der Waals surface area contributed by atoms with Gasteiger partial charge in [-0.2, -0.15) is 0 Å². The maximum Gasteiger partial charge on any atom is 0.142 e. The molecule has 2 aromatic heterocycles. The van der Waals surface area contributed by atoms with Crippen molar-refractivity contribution < 1.29 is 4.74 Å². The molecule has 0 aliphatic carbocycles. The molecule has 0 aliphatic rings. The van der Waals surface area contributed by atoms with E-state index in [0.29, 0.717) is 5.92 Å². The molecule has 3 nitrogen and oxygen atoms in total. The SMILES string of the molecule is COc1cc2nc(-c3nc(C(C)C)cs3)cc(C)c2cc1C. The van der Waals surface area contributed by atoms with Gasteiger partial charge in [-0.05, 0) is 43.0 Å². The van der Waals surface area contributed by atoms with Crippen LogP contribution in [0.2, 0.25) is 0 Å². The van der Waals surface area contributed by atoms with Crippen LogP contribution in [-0.2, 0) is 0 Å². The van der Waals surface area contributed by atoms with E-state index in [2.05, 4.69) is 45.2 Å². The van der Waals surface area contributed by atoms with Crippen LogP contribution in [0.15, 0.2) is 23.6 Å². The third-order valence-electron chi connectivity index (χ3n) is 3.86. The number of nitrogens with zero attached hydrogens (tertiary/aromatic N) is 2. The normalized spacial score (nSPS) is 11.4. The van der Waals surface area contributed by atoms with E-state index in [9.17, 15) is 0 Å². The van der Waals surface area contributed by atoms with Crippen LogP contribution in [0.3, 0.4) is 0 Å². The van der Waals surface area contributed by atoms with Crippen molar-refractivity contribution in [2.45, 2.75) is 33.6 Å². The highest BCUT2D eigenvalue weighted by Crippen LogP contribution is 2.31. The van der Waals surface area contributed by atoms with Gasteiger partial charge in [0.2, 0.25) is 0 Å². The Balaban J connectivity index is 2.16. The average molecular weight is 312 g/mol. The highest BCUT2D eigenvalue weighted by atomic mass is 32.1. The lowest BCUT2D eigenvalue weighted by molar-refractivity contribution is 0.412. The number of methoxy groups -OCH3 is 1. The first kappa shape index (κ1) is 15.0. The van der Waals surface area contributed by atoms with Crippen molar-refractivity contribution in [3.8, 4) is 16.5 Å². The molecule has 2 heterocycles. The Morgan fingerprint density at radius 2 is 1.82 bits per heavy atom. The van der Waals surface area contributed by atoms with E-state index in [4.69, 9.17) is 14.7 Å². The lowest BCUT2D eigenvalue weighted by Crippen LogP contribution is -1.93. The summed E-state index contributed by atoms with van der Waals surface area (Å²) in [7, 11) is 1.70. The minimum atomic E-state index is 0.439. The molecular formula is C18H20N2OS. The molecule has 0 amide bonds. The van der Waals surface area contributed by atoms with Gasteiger partial charge in [-0.15, -0.1) is 11.3 Å². The first-order valence-corrected chi connectivity index (χ1v) is 8.29. The van der Waals surface area contributed by atoms with Crippen molar-refractivity contribution in [3.63, 3.8) is 0 Å². The molecule has 0 N–H and O–H groups in total. The number of hydrogen-bond donors (Lipinski definition) is 0. The number of aromatic nitrogens is 2. The van der Waals surface area contributed by atoms with Crippen LogP contribution in [0.4, 0.5) is 0 Å². The number of benzene rings is 1. The van der Waals surface area contributed by atoms with Gasteiger partial charge in [-0.3, -0.25) is 0 Å². The van der Waals surface area contributed by atoms with Gasteiger partial charge < -0.3 is 4.74 Å². The topological polar surface area (TPSA) is 35.0 Å². The number of aryl methyl sites for hydroxylation is 2. The zero-order chi connectivity index (χ0) is 15.9. The van der Waals surface area contributed by atoms with Crippen LogP contribution < -0.4 is 4.74 Å². The predicted molar refractivity (Wildman–Crippen MR) is 93.0 cm³/mol. The molecule has 22 heavy (non-hydrogen) atoms. The third kappa shape index (κ3) is 2.59. The number of ether oxygens (including phenoxy) is 1. The number of pyridine rings is 1. The third-order valence-corrected chi connectivity index (χ3v) is 4.75. The van der Waals surface area contributed by atoms with Crippen LogP contribution in [0.25, 0.3) is 21.6 Å². The molecule has 3 aromatic rings. The zero-order valence-corrected chi connectivity index (χ0v) is 14.4. The van der Waals surface area contributed by atoms with Crippen LogP contribution in [0.5, 0.6) is 5.75 Å². The summed E-state index contributed by atoms with van der Waals surface area (Å²) < 4.78 is 5.42. The number of hydrogen-bond acceptors (Lipinski definition) is 4. The predicted octanol–water partition coefficient (Wildman–Crippen LogP) is 5.11. The van der Waals surface area contributed by atoms with Crippen LogP contribution >= 0.6 is 11.3 Å². The molecule has 0 saturated heterocycles. The summed E-state index contributed by atoms with van der Waals surface area (Å²) in [6.07, 6.45) is 0. The lowest BCUT2D eigenvalue weighted by Gasteiger charge is -2.09. The fraction of sp³-hybridized carbons (Fsp3) is 0.333. The van der Waals surface area contributed by atoms with E-state index in [1.807, 2.05) is 6.07 Å². The Bertz CT molecular complexity index is 836. The van der Waals surface area contributed by atoms with E-state index in [0.717, 1.165) is 33.2 Å². The summed E-state index contributed by atoms with van der Waals surface area (Å²) in [5.41, 5.74) is 5.36. The lowest BCUT2D eigenvalue weighted by atomic mass is 10.1. The van der Waals surface area contributed by atoms with Gasteiger partial charge in [0, 0.05) is 16.8 Å². The molecule has 1 aromatic carbocycles. The minimum Gasteiger partial charge on any atom is -0.496 e. The molecular weight excluding hydrogens is 292 g/mol. The molecule has 4 heteroatoms. The van der Waals surface area contributed by atoms with E-state index in [-0.39, 0.29) is 0 Å². The molecule has 0 atom stereocenters. The number of rotatable bonds is 3. The van der Waals surface area contributed by atoms with Crippen LogP contribution in [-0.4, -0.2) is 17.1 Å². The van der Waals surface area contributed by atoms with E-state index in [1.165, 1.54) is 10.9 Å². The first-order chi connectivity index (χ1) is 10.5. The van der Waals surface area contributed by atoms with Crippen LogP contribution in [0.1, 0.15) is 36.6 Å². The van der Waals surface area contributed by atoms with Gasteiger partial charge >= 0.3 is 0 Å². The Labute approximate surface area is 135 Å². The minimum absolute atomic E-state index is 0.439. The van der Waals surface area contributed by atoms with E-state index in [1.54, 1.807) is 18.4 Å². The fourth-order valence-corrected chi connectivity index (χ4v) is 3.47. The Morgan fingerprint density at radius 3 is 2.45 bits per heavy atom.